The summed E-state index contributed by atoms with van der Waals surface area (Å²) >= 11 is 5.57. The molecule has 1 unspecified atom stereocenters. The molecule has 1 aliphatic heterocycles. The zero-order valence-corrected chi connectivity index (χ0v) is 9.11. The van der Waals surface area contributed by atoms with Crippen molar-refractivity contribution in [1.29, 1.82) is 0 Å². The molecule has 2 heterocycles. The van der Waals surface area contributed by atoms with E-state index in [0.29, 0.717) is 18.4 Å². The van der Waals surface area contributed by atoms with E-state index in [9.17, 15) is 10.1 Å². The summed E-state index contributed by atoms with van der Waals surface area (Å²) in [5.74, 6) is 0.366. The van der Waals surface area contributed by atoms with Gasteiger partial charge in [0.05, 0.1) is 17.2 Å². The van der Waals surface area contributed by atoms with Gasteiger partial charge in [-0.2, -0.15) is 0 Å². The van der Waals surface area contributed by atoms with Crippen molar-refractivity contribution in [1.82, 2.24) is 10.3 Å². The first-order chi connectivity index (χ1) is 7.66. The lowest BCUT2D eigenvalue weighted by Gasteiger charge is -2.27. The quantitative estimate of drug-likeness (QED) is 0.491. The molecule has 0 amide bonds. The summed E-state index contributed by atoms with van der Waals surface area (Å²) in [6.07, 6.45) is 2.44. The van der Waals surface area contributed by atoms with E-state index >= 15 is 0 Å². The van der Waals surface area contributed by atoms with Crippen molar-refractivity contribution in [2.24, 2.45) is 0 Å². The maximum Gasteiger partial charge on any atom is 0.310 e. The van der Waals surface area contributed by atoms with Gasteiger partial charge in [0, 0.05) is 6.04 Å². The number of aromatic nitrogens is 1. The Kier molecular flexibility index (Phi) is 3.21. The molecule has 7 heteroatoms. The molecule has 1 aliphatic rings. The van der Waals surface area contributed by atoms with Crippen molar-refractivity contribution in [3.8, 4) is 5.75 Å². The molecule has 2 rings (SSSR count). The highest BCUT2D eigenvalue weighted by Gasteiger charge is 2.18. The van der Waals surface area contributed by atoms with Crippen molar-refractivity contribution in [2.45, 2.75) is 12.5 Å². The third-order valence-corrected chi connectivity index (χ3v) is 2.66. The number of pyridine rings is 1. The number of hydrogen-bond acceptors (Lipinski definition) is 5. The molecule has 1 atom stereocenters. The fourth-order valence-corrected chi connectivity index (χ4v) is 1.48. The number of halogens is 1. The lowest BCUT2D eigenvalue weighted by Crippen LogP contribution is -2.46. The summed E-state index contributed by atoms with van der Waals surface area (Å²) in [6.45, 7) is 1.48. The van der Waals surface area contributed by atoms with E-state index in [0.717, 1.165) is 13.0 Å². The lowest BCUT2D eigenvalue weighted by molar-refractivity contribution is -0.385. The first-order valence-corrected chi connectivity index (χ1v) is 5.21. The van der Waals surface area contributed by atoms with E-state index < -0.39 is 4.92 Å². The van der Waals surface area contributed by atoms with E-state index in [2.05, 4.69) is 10.3 Å². The minimum absolute atomic E-state index is 0.126. The smallest absolute Gasteiger partial charge is 0.310 e. The van der Waals surface area contributed by atoms with Crippen LogP contribution in [0.25, 0.3) is 0 Å². The zero-order valence-electron chi connectivity index (χ0n) is 8.35. The molecule has 1 aromatic heterocycles. The predicted molar refractivity (Wildman–Crippen MR) is 57.8 cm³/mol. The van der Waals surface area contributed by atoms with Gasteiger partial charge < -0.3 is 10.1 Å². The van der Waals surface area contributed by atoms with Crippen LogP contribution >= 0.6 is 11.6 Å². The fraction of sp³-hybridized carbons (Fsp3) is 0.444. The first kappa shape index (κ1) is 11.1. The maximum absolute atomic E-state index is 10.6. The van der Waals surface area contributed by atoms with E-state index in [-0.39, 0.29) is 10.8 Å². The highest BCUT2D eigenvalue weighted by molar-refractivity contribution is 6.31. The molecule has 0 spiro atoms. The summed E-state index contributed by atoms with van der Waals surface area (Å²) in [6, 6.07) is 1.61. The number of rotatable bonds is 4. The van der Waals surface area contributed by atoms with Gasteiger partial charge in [0.25, 0.3) is 0 Å². The SMILES string of the molecule is O=[N+]([O-])c1cc(OCC2CCN2)cnc1Cl. The molecule has 1 aromatic rings. The normalized spacial score (nSPS) is 18.9. The van der Waals surface area contributed by atoms with Crippen LogP contribution in [0, 0.1) is 10.1 Å². The Labute approximate surface area is 96.7 Å². The van der Waals surface area contributed by atoms with Crippen LogP contribution in [0.4, 0.5) is 5.69 Å². The highest BCUT2D eigenvalue weighted by atomic mass is 35.5. The summed E-state index contributed by atoms with van der Waals surface area (Å²) < 4.78 is 5.37. The molecule has 0 bridgehead atoms. The van der Waals surface area contributed by atoms with Crippen LogP contribution in [0.3, 0.4) is 0 Å². The molecule has 6 nitrogen and oxygen atoms in total. The monoisotopic (exact) mass is 243 g/mol. The summed E-state index contributed by atoms with van der Waals surface area (Å²) in [4.78, 5) is 13.7. The van der Waals surface area contributed by atoms with E-state index in [4.69, 9.17) is 16.3 Å². The van der Waals surface area contributed by atoms with Crippen LogP contribution in [0.5, 0.6) is 5.75 Å². The summed E-state index contributed by atoms with van der Waals surface area (Å²) in [5.41, 5.74) is -0.235. The van der Waals surface area contributed by atoms with E-state index in [1.165, 1.54) is 12.3 Å². The Balaban J connectivity index is 2.03. The number of nitrogens with one attached hydrogen (secondary N) is 1. The molecule has 0 aromatic carbocycles. The number of ether oxygens (including phenoxy) is 1. The molecular weight excluding hydrogens is 234 g/mol. The molecule has 0 radical (unpaired) electrons. The van der Waals surface area contributed by atoms with E-state index in [1.54, 1.807) is 0 Å². The molecule has 1 N–H and O–H groups in total. The van der Waals surface area contributed by atoms with Gasteiger partial charge in [-0.15, -0.1) is 0 Å². The van der Waals surface area contributed by atoms with Crippen LogP contribution in [-0.4, -0.2) is 29.1 Å². The maximum atomic E-state index is 10.6. The topological polar surface area (TPSA) is 77.3 Å². The first-order valence-electron chi connectivity index (χ1n) is 4.83. The van der Waals surface area contributed by atoms with Crippen LogP contribution < -0.4 is 10.1 Å². The third-order valence-electron chi connectivity index (χ3n) is 2.37. The van der Waals surface area contributed by atoms with Gasteiger partial charge >= 0.3 is 5.69 Å². The molecule has 16 heavy (non-hydrogen) atoms. The van der Waals surface area contributed by atoms with Gasteiger partial charge in [-0.1, -0.05) is 11.6 Å². The molecule has 0 saturated carbocycles. The molecule has 86 valence electrons. The van der Waals surface area contributed by atoms with Gasteiger partial charge in [0.2, 0.25) is 5.15 Å². The van der Waals surface area contributed by atoms with Crippen LogP contribution in [0.2, 0.25) is 5.15 Å². The van der Waals surface area contributed by atoms with E-state index in [1.807, 2.05) is 0 Å². The molecule has 0 aliphatic carbocycles. The Morgan fingerprint density at radius 1 is 1.75 bits per heavy atom. The summed E-state index contributed by atoms with van der Waals surface area (Å²) in [7, 11) is 0. The minimum atomic E-state index is -0.580. The van der Waals surface area contributed by atoms with Gasteiger partial charge in [0.15, 0.2) is 0 Å². The Morgan fingerprint density at radius 3 is 3.06 bits per heavy atom. The number of hydrogen-bond donors (Lipinski definition) is 1. The minimum Gasteiger partial charge on any atom is -0.490 e. The number of nitro groups is 1. The van der Waals surface area contributed by atoms with Crippen molar-refractivity contribution >= 4 is 17.3 Å². The van der Waals surface area contributed by atoms with Crippen molar-refractivity contribution < 1.29 is 9.66 Å². The number of nitrogens with zero attached hydrogens (tertiary/aromatic N) is 2. The third kappa shape index (κ3) is 2.40. The standard InChI is InChI=1S/C9H10ClN3O3/c10-9-8(13(14)15)3-7(4-12-9)16-5-6-1-2-11-6/h3-4,6,11H,1-2,5H2. The second-order valence-corrected chi connectivity index (χ2v) is 3.85. The summed E-state index contributed by atoms with van der Waals surface area (Å²) in [5, 5.41) is 13.6. The van der Waals surface area contributed by atoms with Crippen LogP contribution in [0.15, 0.2) is 12.3 Å². The van der Waals surface area contributed by atoms with Crippen LogP contribution in [-0.2, 0) is 0 Å². The van der Waals surface area contributed by atoms with Crippen molar-refractivity contribution in [3.63, 3.8) is 0 Å². The molecular formula is C9H10ClN3O3. The van der Waals surface area contributed by atoms with Crippen molar-refractivity contribution in [2.75, 3.05) is 13.2 Å². The van der Waals surface area contributed by atoms with Gasteiger partial charge in [0.1, 0.15) is 12.4 Å². The van der Waals surface area contributed by atoms with Crippen molar-refractivity contribution in [3.05, 3.63) is 27.5 Å². The average molecular weight is 244 g/mol. The molecule has 1 fully saturated rings. The van der Waals surface area contributed by atoms with Crippen LogP contribution in [0.1, 0.15) is 6.42 Å². The zero-order chi connectivity index (χ0) is 11.5. The average Bonchev–Trinajstić information content (AvgIpc) is 2.17. The Bertz CT molecular complexity index is 409. The fourth-order valence-electron chi connectivity index (χ4n) is 1.31. The largest absolute Gasteiger partial charge is 0.490 e. The Morgan fingerprint density at radius 2 is 2.50 bits per heavy atom. The predicted octanol–water partition coefficient (Wildman–Crippen LogP) is 1.38. The van der Waals surface area contributed by atoms with Gasteiger partial charge in [-0.05, 0) is 13.0 Å². The van der Waals surface area contributed by atoms with Gasteiger partial charge in [-0.3, -0.25) is 10.1 Å². The second-order valence-electron chi connectivity index (χ2n) is 3.49. The lowest BCUT2D eigenvalue weighted by atomic mass is 10.1. The van der Waals surface area contributed by atoms with Gasteiger partial charge in [-0.25, -0.2) is 4.98 Å². The molecule has 1 saturated heterocycles. The Hall–Kier alpha value is -1.40. The second kappa shape index (κ2) is 4.63. The highest BCUT2D eigenvalue weighted by Crippen LogP contribution is 2.26.